The fourth-order valence-electron chi connectivity index (χ4n) is 2.58. The molecular formula is C16H19N3O3S. The van der Waals surface area contributed by atoms with Crippen molar-refractivity contribution in [3.63, 3.8) is 0 Å². The second kappa shape index (κ2) is 6.95. The van der Waals surface area contributed by atoms with Gasteiger partial charge in [0.05, 0.1) is 23.4 Å². The van der Waals surface area contributed by atoms with Gasteiger partial charge in [-0.1, -0.05) is 24.6 Å². The Morgan fingerprint density at radius 3 is 2.30 bits per heavy atom. The van der Waals surface area contributed by atoms with Crippen LogP contribution in [0, 0.1) is 0 Å². The van der Waals surface area contributed by atoms with E-state index >= 15 is 0 Å². The Hall–Kier alpha value is -2.15. The molecule has 3 rings (SSSR count). The molecule has 6 nitrogen and oxygen atoms in total. The third kappa shape index (κ3) is 4.19. The molecule has 7 heteroatoms. The van der Waals surface area contributed by atoms with Gasteiger partial charge >= 0.3 is 0 Å². The van der Waals surface area contributed by atoms with E-state index in [1.165, 1.54) is 43.8 Å². The Morgan fingerprint density at radius 2 is 1.65 bits per heavy atom. The summed E-state index contributed by atoms with van der Waals surface area (Å²) in [5.41, 5.74) is 0. The Balaban J connectivity index is 1.65. The van der Waals surface area contributed by atoms with Crippen LogP contribution in [-0.4, -0.2) is 24.5 Å². The Labute approximate surface area is 136 Å². The molecule has 1 aliphatic carbocycles. The molecule has 23 heavy (non-hydrogen) atoms. The summed E-state index contributed by atoms with van der Waals surface area (Å²) in [6.45, 7) is 0. The molecule has 1 aromatic carbocycles. The quantitative estimate of drug-likeness (QED) is 0.909. The zero-order valence-corrected chi connectivity index (χ0v) is 13.5. The molecule has 0 aliphatic heterocycles. The first-order valence-electron chi connectivity index (χ1n) is 7.70. The van der Waals surface area contributed by atoms with Crippen LogP contribution in [-0.2, 0) is 10.0 Å². The van der Waals surface area contributed by atoms with Gasteiger partial charge in [-0.3, -0.25) is 0 Å². The Bertz CT molecular complexity index is 727. The molecule has 0 saturated heterocycles. The van der Waals surface area contributed by atoms with Crippen molar-refractivity contribution in [2.75, 3.05) is 4.72 Å². The molecule has 0 spiro atoms. The molecular weight excluding hydrogens is 314 g/mol. The number of hydrogen-bond donors (Lipinski definition) is 1. The number of ether oxygens (including phenoxy) is 1. The van der Waals surface area contributed by atoms with Gasteiger partial charge in [-0.25, -0.2) is 23.1 Å². The lowest BCUT2D eigenvalue weighted by molar-refractivity contribution is 0.154. The number of sulfonamides is 1. The highest BCUT2D eigenvalue weighted by molar-refractivity contribution is 7.92. The Kier molecular flexibility index (Phi) is 4.76. The summed E-state index contributed by atoms with van der Waals surface area (Å²) in [5.74, 6) is 0.601. The van der Waals surface area contributed by atoms with E-state index in [0.29, 0.717) is 5.75 Å². The number of rotatable bonds is 5. The van der Waals surface area contributed by atoms with Crippen LogP contribution in [0.15, 0.2) is 47.6 Å². The standard InChI is InChI=1S/C16H19N3O3S/c20-23(21,15-9-5-2-6-10-15)19-16-17-11-14(12-18-16)22-13-7-3-1-4-8-13/h2,5-6,9-13H,1,3-4,7-8H2,(H,17,18,19). The minimum absolute atomic E-state index is 0.0323. The van der Waals surface area contributed by atoms with Gasteiger partial charge in [-0.15, -0.1) is 0 Å². The van der Waals surface area contributed by atoms with Crippen LogP contribution in [0.3, 0.4) is 0 Å². The summed E-state index contributed by atoms with van der Waals surface area (Å²) in [4.78, 5) is 8.23. The van der Waals surface area contributed by atoms with Crippen LogP contribution < -0.4 is 9.46 Å². The van der Waals surface area contributed by atoms with Crippen LogP contribution in [0.1, 0.15) is 32.1 Å². The summed E-state index contributed by atoms with van der Waals surface area (Å²) in [7, 11) is -3.67. The maximum atomic E-state index is 12.2. The predicted molar refractivity (Wildman–Crippen MR) is 86.8 cm³/mol. The van der Waals surface area contributed by atoms with E-state index in [0.717, 1.165) is 12.8 Å². The predicted octanol–water partition coefficient (Wildman–Crippen LogP) is 2.99. The third-order valence-corrected chi connectivity index (χ3v) is 5.11. The maximum absolute atomic E-state index is 12.2. The topological polar surface area (TPSA) is 81.2 Å². The lowest BCUT2D eigenvalue weighted by Gasteiger charge is -2.22. The first-order valence-corrected chi connectivity index (χ1v) is 9.18. The number of hydrogen-bond acceptors (Lipinski definition) is 5. The van der Waals surface area contributed by atoms with E-state index in [1.807, 2.05) is 0 Å². The SMILES string of the molecule is O=S(=O)(Nc1ncc(OC2CCCCC2)cn1)c1ccccc1. The van der Waals surface area contributed by atoms with Crippen LogP contribution >= 0.6 is 0 Å². The van der Waals surface area contributed by atoms with Crippen molar-refractivity contribution in [3.05, 3.63) is 42.7 Å². The lowest BCUT2D eigenvalue weighted by atomic mass is 9.98. The number of nitrogens with one attached hydrogen (secondary N) is 1. The molecule has 1 aliphatic rings. The van der Waals surface area contributed by atoms with Crippen molar-refractivity contribution in [1.29, 1.82) is 0 Å². The molecule has 0 amide bonds. The largest absolute Gasteiger partial charge is 0.487 e. The zero-order chi connectivity index (χ0) is 16.1. The third-order valence-electron chi connectivity index (χ3n) is 3.76. The fourth-order valence-corrected chi connectivity index (χ4v) is 3.56. The first-order chi connectivity index (χ1) is 11.1. The van der Waals surface area contributed by atoms with E-state index < -0.39 is 10.0 Å². The molecule has 2 aromatic rings. The van der Waals surface area contributed by atoms with Crippen molar-refractivity contribution < 1.29 is 13.2 Å². The van der Waals surface area contributed by atoms with E-state index in [2.05, 4.69) is 14.7 Å². The average molecular weight is 333 g/mol. The van der Waals surface area contributed by atoms with E-state index in [4.69, 9.17) is 4.74 Å². The highest BCUT2D eigenvalue weighted by atomic mass is 32.2. The first kappa shape index (κ1) is 15.7. The monoisotopic (exact) mass is 333 g/mol. The maximum Gasteiger partial charge on any atom is 0.264 e. The Morgan fingerprint density at radius 1 is 1.00 bits per heavy atom. The smallest absolute Gasteiger partial charge is 0.264 e. The number of benzene rings is 1. The van der Waals surface area contributed by atoms with Crippen LogP contribution in [0.2, 0.25) is 0 Å². The summed E-state index contributed by atoms with van der Waals surface area (Å²) in [6, 6.07) is 8.12. The molecule has 0 bridgehead atoms. The van der Waals surface area contributed by atoms with Gasteiger partial charge in [0, 0.05) is 0 Å². The van der Waals surface area contributed by atoms with Crippen molar-refractivity contribution in [2.45, 2.75) is 43.1 Å². The van der Waals surface area contributed by atoms with Crippen LogP contribution in [0.4, 0.5) is 5.95 Å². The van der Waals surface area contributed by atoms with Crippen molar-refractivity contribution in [2.24, 2.45) is 0 Å². The normalized spacial score (nSPS) is 16.0. The minimum atomic E-state index is -3.67. The van der Waals surface area contributed by atoms with Gasteiger partial charge in [-0.05, 0) is 37.8 Å². The number of nitrogens with zero attached hydrogens (tertiary/aromatic N) is 2. The molecule has 1 aromatic heterocycles. The second-order valence-corrected chi connectivity index (χ2v) is 7.22. The number of anilines is 1. The highest BCUT2D eigenvalue weighted by Crippen LogP contribution is 2.23. The van der Waals surface area contributed by atoms with Crippen molar-refractivity contribution in [3.8, 4) is 5.75 Å². The van der Waals surface area contributed by atoms with Crippen molar-refractivity contribution >= 4 is 16.0 Å². The minimum Gasteiger partial charge on any atom is -0.487 e. The molecule has 1 heterocycles. The molecule has 0 atom stereocenters. The summed E-state index contributed by atoms with van der Waals surface area (Å²) in [6.07, 6.45) is 8.93. The van der Waals surface area contributed by atoms with E-state index in [-0.39, 0.29) is 16.9 Å². The van der Waals surface area contributed by atoms with Gasteiger partial charge in [0.15, 0.2) is 5.75 Å². The average Bonchev–Trinajstić information content (AvgIpc) is 2.58. The highest BCUT2D eigenvalue weighted by Gasteiger charge is 2.17. The van der Waals surface area contributed by atoms with E-state index in [9.17, 15) is 8.42 Å². The van der Waals surface area contributed by atoms with Crippen LogP contribution in [0.25, 0.3) is 0 Å². The van der Waals surface area contributed by atoms with Gasteiger partial charge in [0.25, 0.3) is 10.0 Å². The van der Waals surface area contributed by atoms with Gasteiger partial charge in [-0.2, -0.15) is 0 Å². The number of aromatic nitrogens is 2. The van der Waals surface area contributed by atoms with Crippen LogP contribution in [0.5, 0.6) is 5.75 Å². The molecule has 1 N–H and O–H groups in total. The summed E-state index contributed by atoms with van der Waals surface area (Å²) in [5, 5.41) is 0. The fraction of sp³-hybridized carbons (Fsp3) is 0.375. The van der Waals surface area contributed by atoms with Gasteiger partial charge in [0.2, 0.25) is 5.95 Å². The van der Waals surface area contributed by atoms with E-state index in [1.54, 1.807) is 18.2 Å². The molecule has 122 valence electrons. The molecule has 0 unspecified atom stereocenters. The second-order valence-electron chi connectivity index (χ2n) is 5.54. The summed E-state index contributed by atoms with van der Waals surface area (Å²) < 4.78 is 32.5. The van der Waals surface area contributed by atoms with Gasteiger partial charge in [0.1, 0.15) is 0 Å². The summed E-state index contributed by atoms with van der Waals surface area (Å²) >= 11 is 0. The van der Waals surface area contributed by atoms with Gasteiger partial charge < -0.3 is 4.74 Å². The molecule has 1 fully saturated rings. The molecule has 1 saturated carbocycles. The zero-order valence-electron chi connectivity index (χ0n) is 12.7. The lowest BCUT2D eigenvalue weighted by Crippen LogP contribution is -2.20. The molecule has 0 radical (unpaired) electrons. The van der Waals surface area contributed by atoms with Crippen molar-refractivity contribution in [1.82, 2.24) is 9.97 Å².